The van der Waals surface area contributed by atoms with E-state index in [1.807, 2.05) is 6.07 Å². The third-order valence-corrected chi connectivity index (χ3v) is 7.58. The predicted octanol–water partition coefficient (Wildman–Crippen LogP) is 6.47. The van der Waals surface area contributed by atoms with Crippen LogP contribution in [0.2, 0.25) is 5.02 Å². The molecule has 3 aromatic carbocycles. The van der Waals surface area contributed by atoms with Gasteiger partial charge in [-0.2, -0.15) is 0 Å². The van der Waals surface area contributed by atoms with Gasteiger partial charge >= 0.3 is 0 Å². The van der Waals surface area contributed by atoms with Crippen LogP contribution in [0.1, 0.15) is 40.7 Å². The molecule has 1 aliphatic heterocycles. The highest BCUT2D eigenvalue weighted by molar-refractivity contribution is 6.30. The Morgan fingerprint density at radius 1 is 0.794 bits per heavy atom. The maximum atomic E-state index is 6.22. The number of halogens is 1. The molecule has 0 bridgehead atoms. The predicted molar refractivity (Wildman–Crippen MR) is 142 cm³/mol. The van der Waals surface area contributed by atoms with Crippen LogP contribution in [0.3, 0.4) is 0 Å². The monoisotopic (exact) mass is 474 g/mol. The van der Waals surface area contributed by atoms with E-state index in [1.54, 1.807) is 0 Å². The Bertz CT molecular complexity index is 1100. The molecule has 0 unspecified atom stereocenters. The molecule has 5 rings (SSSR count). The Kier molecular flexibility index (Phi) is 7.42. The van der Waals surface area contributed by atoms with E-state index in [2.05, 4.69) is 71.3 Å². The van der Waals surface area contributed by atoms with Gasteiger partial charge in [-0.3, -0.25) is 4.90 Å². The first-order valence-corrected chi connectivity index (χ1v) is 13.1. The van der Waals surface area contributed by atoms with Gasteiger partial charge < -0.3 is 9.64 Å². The second-order valence-electron chi connectivity index (χ2n) is 9.75. The fourth-order valence-corrected chi connectivity index (χ4v) is 5.36. The number of nitrogens with zero attached hydrogens (tertiary/aromatic N) is 2. The Balaban J connectivity index is 1.07. The quantitative estimate of drug-likeness (QED) is 0.390. The maximum absolute atomic E-state index is 6.22. The van der Waals surface area contributed by atoms with Crippen LogP contribution in [0.25, 0.3) is 0 Å². The third-order valence-electron chi connectivity index (χ3n) is 7.35. The summed E-state index contributed by atoms with van der Waals surface area (Å²) < 4.78 is 6.09. The summed E-state index contributed by atoms with van der Waals surface area (Å²) >= 11 is 6.22. The Morgan fingerprint density at radius 2 is 1.53 bits per heavy atom. The van der Waals surface area contributed by atoms with Crippen molar-refractivity contribution in [2.45, 2.75) is 45.6 Å². The van der Waals surface area contributed by atoms with Crippen molar-refractivity contribution < 1.29 is 4.74 Å². The van der Waals surface area contributed by atoms with Crippen molar-refractivity contribution in [3.8, 4) is 5.75 Å². The van der Waals surface area contributed by atoms with Gasteiger partial charge in [-0.1, -0.05) is 48.0 Å². The average Bonchev–Trinajstić information content (AvgIpc) is 2.88. The molecule has 4 heteroatoms. The molecule has 1 saturated heterocycles. The minimum atomic E-state index is 0.629. The molecule has 3 aromatic rings. The molecule has 0 aromatic heterocycles. The number of rotatable bonds is 7. The van der Waals surface area contributed by atoms with Crippen LogP contribution < -0.4 is 9.64 Å². The molecule has 178 valence electrons. The Labute approximate surface area is 209 Å². The molecule has 3 nitrogen and oxygen atoms in total. The summed E-state index contributed by atoms with van der Waals surface area (Å²) in [5.41, 5.74) is 8.18. The van der Waals surface area contributed by atoms with Crippen LogP contribution in [0, 0.1) is 6.92 Å². The SMILES string of the molecule is Cc1ccc(Cl)cc1N1CCN(CCc2ccc(COc3ccc4c(c3)CCCC4)cc2)CC1. The zero-order valence-corrected chi connectivity index (χ0v) is 21.0. The first-order valence-electron chi connectivity index (χ1n) is 12.7. The number of aryl methyl sites for hydroxylation is 3. The van der Waals surface area contributed by atoms with E-state index in [-0.39, 0.29) is 0 Å². The van der Waals surface area contributed by atoms with Crippen molar-refractivity contribution in [2.75, 3.05) is 37.6 Å². The van der Waals surface area contributed by atoms with Gasteiger partial charge in [-0.15, -0.1) is 0 Å². The highest BCUT2D eigenvalue weighted by Crippen LogP contribution is 2.27. The Morgan fingerprint density at radius 3 is 2.32 bits per heavy atom. The van der Waals surface area contributed by atoms with Crippen molar-refractivity contribution in [3.05, 3.63) is 93.5 Å². The van der Waals surface area contributed by atoms with Crippen molar-refractivity contribution >= 4 is 17.3 Å². The van der Waals surface area contributed by atoms with E-state index < -0.39 is 0 Å². The summed E-state index contributed by atoms with van der Waals surface area (Å²) in [6, 6.07) is 21.8. The van der Waals surface area contributed by atoms with Gasteiger partial charge in [-0.25, -0.2) is 0 Å². The van der Waals surface area contributed by atoms with Crippen LogP contribution >= 0.6 is 11.6 Å². The molecule has 0 saturated carbocycles. The van der Waals surface area contributed by atoms with E-state index in [4.69, 9.17) is 16.3 Å². The van der Waals surface area contributed by atoms with Gasteiger partial charge in [0.15, 0.2) is 0 Å². The highest BCUT2D eigenvalue weighted by Gasteiger charge is 2.18. The Hall–Kier alpha value is -2.49. The summed E-state index contributed by atoms with van der Waals surface area (Å²) in [6.07, 6.45) is 6.11. The topological polar surface area (TPSA) is 15.7 Å². The molecule has 0 radical (unpaired) electrons. The molecule has 34 heavy (non-hydrogen) atoms. The largest absolute Gasteiger partial charge is 0.489 e. The number of ether oxygens (including phenoxy) is 1. The van der Waals surface area contributed by atoms with Gasteiger partial charge in [0.25, 0.3) is 0 Å². The normalized spacial score (nSPS) is 16.4. The maximum Gasteiger partial charge on any atom is 0.120 e. The van der Waals surface area contributed by atoms with Gasteiger partial charge in [-0.05, 0) is 91.1 Å². The highest BCUT2D eigenvalue weighted by atomic mass is 35.5. The molecule has 1 heterocycles. The first-order chi connectivity index (χ1) is 16.6. The zero-order chi connectivity index (χ0) is 23.3. The van der Waals surface area contributed by atoms with Crippen molar-refractivity contribution in [1.82, 2.24) is 4.90 Å². The van der Waals surface area contributed by atoms with Gasteiger partial charge in [0.05, 0.1) is 0 Å². The molecule has 1 aliphatic carbocycles. The molecule has 0 atom stereocenters. The molecule has 2 aliphatic rings. The first kappa shape index (κ1) is 23.3. The lowest BCUT2D eigenvalue weighted by Crippen LogP contribution is -2.47. The number of fused-ring (bicyclic) bond motifs is 1. The minimum absolute atomic E-state index is 0.629. The van der Waals surface area contributed by atoms with Crippen molar-refractivity contribution in [2.24, 2.45) is 0 Å². The van der Waals surface area contributed by atoms with E-state index in [0.717, 1.165) is 49.9 Å². The van der Waals surface area contributed by atoms with Crippen LogP contribution in [0.15, 0.2) is 60.7 Å². The van der Waals surface area contributed by atoms with Crippen molar-refractivity contribution in [1.29, 1.82) is 0 Å². The average molecular weight is 475 g/mol. The van der Waals surface area contributed by atoms with E-state index >= 15 is 0 Å². The number of hydrogen-bond donors (Lipinski definition) is 0. The number of hydrogen-bond acceptors (Lipinski definition) is 3. The number of benzene rings is 3. The lowest BCUT2D eigenvalue weighted by molar-refractivity contribution is 0.261. The second-order valence-corrected chi connectivity index (χ2v) is 10.2. The molecule has 0 spiro atoms. The summed E-state index contributed by atoms with van der Waals surface area (Å²) in [6.45, 7) is 8.20. The van der Waals surface area contributed by atoms with Gasteiger partial charge in [0, 0.05) is 43.4 Å². The smallest absolute Gasteiger partial charge is 0.120 e. The summed E-state index contributed by atoms with van der Waals surface area (Å²) in [5.74, 6) is 0.997. The standard InChI is InChI=1S/C30H35ClN2O/c1-23-6-12-28(31)21-30(23)33-18-16-32(17-19-33)15-14-24-7-9-25(10-8-24)22-34-29-13-11-26-4-2-3-5-27(26)20-29/h6-13,20-21H,2-5,14-19,22H2,1H3. The lowest BCUT2D eigenvalue weighted by Gasteiger charge is -2.37. The third kappa shape index (κ3) is 5.76. The van der Waals surface area contributed by atoms with Crippen LogP contribution in [-0.4, -0.2) is 37.6 Å². The van der Waals surface area contributed by atoms with Gasteiger partial charge in [0.1, 0.15) is 12.4 Å². The minimum Gasteiger partial charge on any atom is -0.489 e. The van der Waals surface area contributed by atoms with Crippen LogP contribution in [0.5, 0.6) is 5.75 Å². The molecular formula is C30H35ClN2O. The van der Waals surface area contributed by atoms with Crippen LogP contribution in [0.4, 0.5) is 5.69 Å². The molecule has 0 amide bonds. The number of anilines is 1. The second kappa shape index (κ2) is 10.8. The van der Waals surface area contributed by atoms with E-state index in [0.29, 0.717) is 6.61 Å². The van der Waals surface area contributed by atoms with E-state index in [1.165, 1.54) is 59.2 Å². The molecular weight excluding hydrogens is 440 g/mol. The summed E-state index contributed by atoms with van der Waals surface area (Å²) in [4.78, 5) is 5.04. The van der Waals surface area contributed by atoms with Crippen molar-refractivity contribution in [3.63, 3.8) is 0 Å². The number of piperazine rings is 1. The van der Waals surface area contributed by atoms with E-state index in [9.17, 15) is 0 Å². The van der Waals surface area contributed by atoms with Crippen LogP contribution in [-0.2, 0) is 25.9 Å². The fourth-order valence-electron chi connectivity index (χ4n) is 5.19. The summed E-state index contributed by atoms with van der Waals surface area (Å²) in [7, 11) is 0. The fraction of sp³-hybridized carbons (Fsp3) is 0.400. The molecule has 1 fully saturated rings. The summed E-state index contributed by atoms with van der Waals surface area (Å²) in [5, 5.41) is 0.819. The molecule has 0 N–H and O–H groups in total. The van der Waals surface area contributed by atoms with Gasteiger partial charge in [0.2, 0.25) is 0 Å². The zero-order valence-electron chi connectivity index (χ0n) is 20.2. The lowest BCUT2D eigenvalue weighted by atomic mass is 9.92.